The lowest BCUT2D eigenvalue weighted by Crippen LogP contribution is -2.00. The van der Waals surface area contributed by atoms with E-state index in [-0.39, 0.29) is 6.61 Å². The molecular weight excluding hydrogens is 204 g/mol. The maximum Gasteiger partial charge on any atom is 0.330 e. The van der Waals surface area contributed by atoms with Crippen LogP contribution in [0.25, 0.3) is 0 Å². The van der Waals surface area contributed by atoms with Crippen LogP contribution >= 0.6 is 0 Å². The summed E-state index contributed by atoms with van der Waals surface area (Å²) in [6.45, 7) is 7.50. The molecule has 3 heteroatoms. The van der Waals surface area contributed by atoms with Crippen LogP contribution in [0.1, 0.15) is 11.1 Å². The molecule has 0 heterocycles. The number of esters is 1. The van der Waals surface area contributed by atoms with Gasteiger partial charge < -0.3 is 9.47 Å². The van der Waals surface area contributed by atoms with Crippen LogP contribution in [-0.2, 0) is 27.5 Å². The van der Waals surface area contributed by atoms with Crippen molar-refractivity contribution in [3.63, 3.8) is 0 Å². The summed E-state index contributed by atoms with van der Waals surface area (Å²) in [4.78, 5) is 10.9. The zero-order valence-electron chi connectivity index (χ0n) is 9.02. The summed E-state index contributed by atoms with van der Waals surface area (Å²) < 4.78 is 9.98. The minimum absolute atomic E-state index is 0.243. The largest absolute Gasteiger partial charge is 0.497 e. The molecule has 0 bridgehead atoms. The molecule has 0 N–H and O–H groups in total. The van der Waals surface area contributed by atoms with Gasteiger partial charge in [0.25, 0.3) is 0 Å². The maximum atomic E-state index is 10.9. The van der Waals surface area contributed by atoms with E-state index < -0.39 is 5.97 Å². The van der Waals surface area contributed by atoms with E-state index in [0.717, 1.165) is 17.2 Å². The molecule has 0 fully saturated rings. The SMILES string of the molecule is C=COCc1cccc(COC(=O)C=C)c1. The number of ether oxygens (including phenoxy) is 2. The first-order chi connectivity index (χ1) is 7.76. The van der Waals surface area contributed by atoms with E-state index in [1.54, 1.807) is 0 Å². The van der Waals surface area contributed by atoms with Crippen LogP contribution in [0.3, 0.4) is 0 Å². The van der Waals surface area contributed by atoms with Crippen LogP contribution < -0.4 is 0 Å². The van der Waals surface area contributed by atoms with Gasteiger partial charge in [0.1, 0.15) is 13.2 Å². The van der Waals surface area contributed by atoms with E-state index >= 15 is 0 Å². The Bertz CT molecular complexity index is 383. The minimum Gasteiger partial charge on any atom is -0.497 e. The van der Waals surface area contributed by atoms with E-state index in [9.17, 15) is 4.79 Å². The zero-order chi connectivity index (χ0) is 11.8. The number of hydrogen-bond donors (Lipinski definition) is 0. The molecule has 0 aliphatic rings. The Morgan fingerprint density at radius 2 is 1.94 bits per heavy atom. The molecule has 0 aliphatic carbocycles. The topological polar surface area (TPSA) is 35.5 Å². The Morgan fingerprint density at radius 1 is 1.25 bits per heavy atom. The first-order valence-corrected chi connectivity index (χ1v) is 4.85. The summed E-state index contributed by atoms with van der Waals surface area (Å²) in [7, 11) is 0. The van der Waals surface area contributed by atoms with Crippen LogP contribution in [0.2, 0.25) is 0 Å². The lowest BCUT2D eigenvalue weighted by Gasteiger charge is -2.05. The van der Waals surface area contributed by atoms with Crippen LogP contribution in [0, 0.1) is 0 Å². The molecule has 0 atom stereocenters. The monoisotopic (exact) mass is 218 g/mol. The fourth-order valence-corrected chi connectivity index (χ4v) is 1.18. The van der Waals surface area contributed by atoms with Crippen molar-refractivity contribution in [2.24, 2.45) is 0 Å². The van der Waals surface area contributed by atoms with Crippen molar-refractivity contribution in [2.75, 3.05) is 0 Å². The second kappa shape index (κ2) is 6.45. The highest BCUT2D eigenvalue weighted by atomic mass is 16.5. The zero-order valence-corrected chi connectivity index (χ0v) is 9.02. The van der Waals surface area contributed by atoms with Gasteiger partial charge in [0.15, 0.2) is 0 Å². The number of benzene rings is 1. The third kappa shape index (κ3) is 4.00. The van der Waals surface area contributed by atoms with Gasteiger partial charge in [-0.05, 0) is 17.2 Å². The van der Waals surface area contributed by atoms with Gasteiger partial charge in [-0.15, -0.1) is 0 Å². The Balaban J connectivity index is 2.56. The third-order valence-corrected chi connectivity index (χ3v) is 1.91. The smallest absolute Gasteiger partial charge is 0.330 e. The molecule has 16 heavy (non-hydrogen) atoms. The fourth-order valence-electron chi connectivity index (χ4n) is 1.18. The lowest BCUT2D eigenvalue weighted by atomic mass is 10.1. The Kier molecular flexibility index (Phi) is 4.86. The van der Waals surface area contributed by atoms with Gasteiger partial charge >= 0.3 is 5.97 Å². The van der Waals surface area contributed by atoms with Crippen LogP contribution in [-0.4, -0.2) is 5.97 Å². The molecule has 0 spiro atoms. The number of rotatable bonds is 6. The predicted octanol–water partition coefficient (Wildman–Crippen LogP) is 2.58. The Hall–Kier alpha value is -2.03. The highest BCUT2D eigenvalue weighted by molar-refractivity contribution is 5.81. The second-order valence-corrected chi connectivity index (χ2v) is 3.11. The standard InChI is InChI=1S/C13H14O3/c1-3-13(14)16-10-12-7-5-6-11(8-12)9-15-4-2/h3-8H,1-2,9-10H2. The average Bonchev–Trinajstić information content (AvgIpc) is 2.34. The molecule has 3 nitrogen and oxygen atoms in total. The van der Waals surface area contributed by atoms with E-state index in [1.807, 2.05) is 24.3 Å². The van der Waals surface area contributed by atoms with Crippen molar-refractivity contribution in [2.45, 2.75) is 13.2 Å². The molecule has 0 amide bonds. The molecule has 1 rings (SSSR count). The molecule has 84 valence electrons. The van der Waals surface area contributed by atoms with Gasteiger partial charge in [0.2, 0.25) is 0 Å². The normalized spacial score (nSPS) is 9.25. The highest BCUT2D eigenvalue weighted by Crippen LogP contribution is 2.08. The van der Waals surface area contributed by atoms with Gasteiger partial charge in [0, 0.05) is 6.08 Å². The molecular formula is C13H14O3. The second-order valence-electron chi connectivity index (χ2n) is 3.11. The first-order valence-electron chi connectivity index (χ1n) is 4.85. The van der Waals surface area contributed by atoms with Gasteiger partial charge in [0.05, 0.1) is 6.26 Å². The van der Waals surface area contributed by atoms with E-state index in [0.29, 0.717) is 6.61 Å². The van der Waals surface area contributed by atoms with Crippen molar-refractivity contribution in [1.82, 2.24) is 0 Å². The Labute approximate surface area is 95.0 Å². The van der Waals surface area contributed by atoms with Crippen molar-refractivity contribution in [1.29, 1.82) is 0 Å². The van der Waals surface area contributed by atoms with Crippen LogP contribution in [0.15, 0.2) is 49.8 Å². The molecule has 0 radical (unpaired) electrons. The molecule has 1 aromatic carbocycles. The van der Waals surface area contributed by atoms with Gasteiger partial charge in [-0.2, -0.15) is 0 Å². The highest BCUT2D eigenvalue weighted by Gasteiger charge is 1.99. The third-order valence-electron chi connectivity index (χ3n) is 1.91. The number of hydrogen-bond acceptors (Lipinski definition) is 3. The predicted molar refractivity (Wildman–Crippen MR) is 61.4 cm³/mol. The first kappa shape index (κ1) is 12.0. The van der Waals surface area contributed by atoms with Gasteiger partial charge in [-0.1, -0.05) is 31.4 Å². The van der Waals surface area contributed by atoms with Crippen molar-refractivity contribution in [3.05, 3.63) is 60.9 Å². The fraction of sp³-hybridized carbons (Fsp3) is 0.154. The maximum absolute atomic E-state index is 10.9. The van der Waals surface area contributed by atoms with Crippen LogP contribution in [0.4, 0.5) is 0 Å². The molecule has 0 aliphatic heterocycles. The molecule has 0 aromatic heterocycles. The summed E-state index contributed by atoms with van der Waals surface area (Å²) in [5.74, 6) is -0.423. The number of carbonyl (C=O) groups is 1. The lowest BCUT2D eigenvalue weighted by molar-refractivity contribution is -0.138. The summed E-state index contributed by atoms with van der Waals surface area (Å²) >= 11 is 0. The molecule has 0 saturated heterocycles. The molecule has 0 saturated carbocycles. The summed E-state index contributed by atoms with van der Waals surface area (Å²) in [6, 6.07) is 7.62. The Morgan fingerprint density at radius 3 is 2.56 bits per heavy atom. The van der Waals surface area contributed by atoms with E-state index in [2.05, 4.69) is 13.2 Å². The summed E-state index contributed by atoms with van der Waals surface area (Å²) in [5.41, 5.74) is 1.92. The number of carbonyl (C=O) groups excluding carboxylic acids is 1. The van der Waals surface area contributed by atoms with E-state index in [1.165, 1.54) is 6.26 Å². The molecule has 0 unspecified atom stereocenters. The quantitative estimate of drug-likeness (QED) is 0.418. The van der Waals surface area contributed by atoms with E-state index in [4.69, 9.17) is 9.47 Å². The van der Waals surface area contributed by atoms with Crippen molar-refractivity contribution < 1.29 is 14.3 Å². The van der Waals surface area contributed by atoms with Crippen molar-refractivity contribution >= 4 is 5.97 Å². The van der Waals surface area contributed by atoms with Crippen molar-refractivity contribution in [3.8, 4) is 0 Å². The van der Waals surface area contributed by atoms with Gasteiger partial charge in [-0.3, -0.25) is 0 Å². The summed E-state index contributed by atoms with van der Waals surface area (Å²) in [5, 5.41) is 0. The van der Waals surface area contributed by atoms with Crippen LogP contribution in [0.5, 0.6) is 0 Å². The summed E-state index contributed by atoms with van der Waals surface area (Å²) in [6.07, 6.45) is 2.54. The van der Waals surface area contributed by atoms with Gasteiger partial charge in [-0.25, -0.2) is 4.79 Å². The average molecular weight is 218 g/mol. The molecule has 1 aromatic rings. The minimum atomic E-state index is -0.423.